The van der Waals surface area contributed by atoms with Gasteiger partial charge in [-0.15, -0.1) is 0 Å². The number of amides is 4. The fraction of sp³-hybridized carbons (Fsp3) is 0. The number of ketones is 1. The van der Waals surface area contributed by atoms with E-state index in [-0.39, 0.29) is 28.3 Å². The van der Waals surface area contributed by atoms with E-state index in [1.807, 2.05) is 6.07 Å². The van der Waals surface area contributed by atoms with Gasteiger partial charge in [-0.1, -0.05) is 30.3 Å². The minimum atomic E-state index is -0.940. The average Bonchev–Trinajstić information content (AvgIpc) is 2.78. The number of urea groups is 2. The third-order valence-corrected chi connectivity index (χ3v) is 4.31. The summed E-state index contributed by atoms with van der Waals surface area (Å²) in [6, 6.07) is 17.4. The van der Waals surface area contributed by atoms with Crippen LogP contribution >= 0.6 is 0 Å². The summed E-state index contributed by atoms with van der Waals surface area (Å²) >= 11 is 0. The van der Waals surface area contributed by atoms with Gasteiger partial charge in [-0.3, -0.25) is 4.79 Å². The Morgan fingerprint density at radius 2 is 1.35 bits per heavy atom. The zero-order valence-electron chi connectivity index (χ0n) is 16.3. The molecule has 0 aliphatic carbocycles. The molecule has 0 saturated heterocycles. The van der Waals surface area contributed by atoms with Crippen LogP contribution in [0, 0.1) is 0 Å². The smallest absolute Gasteiger partial charge is 0.333 e. The van der Waals surface area contributed by atoms with E-state index in [1.165, 1.54) is 30.3 Å². The Labute approximate surface area is 177 Å². The molecule has 10 heteroatoms. The van der Waals surface area contributed by atoms with E-state index in [2.05, 4.69) is 0 Å². The zero-order chi connectivity index (χ0) is 22.5. The van der Waals surface area contributed by atoms with Gasteiger partial charge in [-0.2, -0.15) is 0 Å². The van der Waals surface area contributed by atoms with Crippen molar-refractivity contribution in [2.24, 2.45) is 23.2 Å². The standard InChI is InChI=1S/C21H20N6O4/c22-20(29)26(24)15-6-4-5-13(11-15)19(28)14-9-10-18(17(12-14)27(25)21(23)30)31-16-7-2-1-3-8-16/h1-12H,24-25H2,(H2,22,29)(H2,23,30). The van der Waals surface area contributed by atoms with Crippen LogP contribution in [-0.4, -0.2) is 17.8 Å². The summed E-state index contributed by atoms with van der Waals surface area (Å²) in [4.78, 5) is 36.0. The second-order valence-electron chi connectivity index (χ2n) is 6.39. The topological polar surface area (TPSA) is 171 Å². The van der Waals surface area contributed by atoms with Gasteiger partial charge >= 0.3 is 12.1 Å². The van der Waals surface area contributed by atoms with E-state index in [9.17, 15) is 14.4 Å². The Hall–Kier alpha value is -4.41. The summed E-state index contributed by atoms with van der Waals surface area (Å²) in [7, 11) is 0. The van der Waals surface area contributed by atoms with Crippen molar-refractivity contribution in [2.45, 2.75) is 0 Å². The summed E-state index contributed by atoms with van der Waals surface area (Å²) in [5.41, 5.74) is 11.2. The molecule has 3 aromatic rings. The van der Waals surface area contributed by atoms with E-state index >= 15 is 0 Å². The van der Waals surface area contributed by atoms with E-state index < -0.39 is 17.8 Å². The molecule has 0 fully saturated rings. The molecule has 0 heterocycles. The van der Waals surface area contributed by atoms with Gasteiger partial charge in [0.15, 0.2) is 11.5 Å². The molecule has 158 valence electrons. The molecule has 3 aromatic carbocycles. The molecule has 10 nitrogen and oxygen atoms in total. The first-order valence-electron chi connectivity index (χ1n) is 8.98. The lowest BCUT2D eigenvalue weighted by atomic mass is 10.0. The summed E-state index contributed by atoms with van der Waals surface area (Å²) in [5, 5.41) is 1.40. The van der Waals surface area contributed by atoms with Crippen LogP contribution in [0.3, 0.4) is 0 Å². The molecule has 0 spiro atoms. The number of ether oxygens (including phenoxy) is 1. The number of rotatable bonds is 6. The highest BCUT2D eigenvalue weighted by atomic mass is 16.5. The maximum Gasteiger partial charge on any atom is 0.333 e. The van der Waals surface area contributed by atoms with Crippen molar-refractivity contribution in [2.75, 3.05) is 10.0 Å². The molecule has 0 aliphatic rings. The van der Waals surface area contributed by atoms with Gasteiger partial charge in [-0.25, -0.2) is 31.3 Å². The predicted octanol–water partition coefficient (Wildman–Crippen LogP) is 2.23. The van der Waals surface area contributed by atoms with Crippen LogP contribution in [0.1, 0.15) is 15.9 Å². The van der Waals surface area contributed by atoms with E-state index in [0.717, 1.165) is 0 Å². The molecule has 4 amide bonds. The van der Waals surface area contributed by atoms with E-state index in [4.69, 9.17) is 27.9 Å². The second kappa shape index (κ2) is 8.95. The highest BCUT2D eigenvalue weighted by Gasteiger charge is 2.19. The molecular formula is C21H20N6O4. The van der Waals surface area contributed by atoms with Crippen LogP contribution in [0.15, 0.2) is 72.8 Å². The fourth-order valence-electron chi connectivity index (χ4n) is 2.76. The van der Waals surface area contributed by atoms with Crippen molar-refractivity contribution in [3.63, 3.8) is 0 Å². The van der Waals surface area contributed by atoms with Crippen molar-refractivity contribution in [3.05, 3.63) is 83.9 Å². The van der Waals surface area contributed by atoms with Crippen molar-refractivity contribution >= 4 is 29.2 Å². The zero-order valence-corrected chi connectivity index (χ0v) is 16.3. The first kappa shape index (κ1) is 21.3. The fourth-order valence-corrected chi connectivity index (χ4v) is 2.76. The maximum absolute atomic E-state index is 13.0. The van der Waals surface area contributed by atoms with E-state index in [0.29, 0.717) is 15.8 Å². The molecular weight excluding hydrogens is 400 g/mol. The molecule has 0 radical (unpaired) electrons. The van der Waals surface area contributed by atoms with Crippen LogP contribution in [0.4, 0.5) is 21.0 Å². The number of carbonyl (C=O) groups is 3. The Morgan fingerprint density at radius 1 is 0.710 bits per heavy atom. The summed E-state index contributed by atoms with van der Waals surface area (Å²) < 4.78 is 5.78. The molecule has 0 saturated carbocycles. The average molecular weight is 420 g/mol. The van der Waals surface area contributed by atoms with Gasteiger partial charge in [-0.05, 0) is 42.5 Å². The van der Waals surface area contributed by atoms with Crippen molar-refractivity contribution in [1.82, 2.24) is 0 Å². The summed E-state index contributed by atoms with van der Waals surface area (Å²) in [5.74, 6) is 11.7. The van der Waals surface area contributed by atoms with Gasteiger partial charge in [0.25, 0.3) is 0 Å². The summed E-state index contributed by atoms with van der Waals surface area (Å²) in [6.07, 6.45) is 0. The Balaban J connectivity index is 1.99. The lowest BCUT2D eigenvalue weighted by Crippen LogP contribution is -2.41. The van der Waals surface area contributed by atoms with Gasteiger partial charge < -0.3 is 16.2 Å². The number of hydrogen-bond donors (Lipinski definition) is 4. The molecule has 0 atom stereocenters. The largest absolute Gasteiger partial charge is 0.455 e. The lowest BCUT2D eigenvalue weighted by molar-refractivity contribution is 0.103. The molecule has 0 aromatic heterocycles. The number of hydrazine groups is 2. The van der Waals surface area contributed by atoms with Crippen molar-refractivity contribution in [1.29, 1.82) is 0 Å². The van der Waals surface area contributed by atoms with Gasteiger partial charge in [0.05, 0.1) is 5.69 Å². The van der Waals surface area contributed by atoms with Crippen molar-refractivity contribution < 1.29 is 19.1 Å². The highest BCUT2D eigenvalue weighted by Crippen LogP contribution is 2.33. The van der Waals surface area contributed by atoms with Crippen LogP contribution in [-0.2, 0) is 0 Å². The van der Waals surface area contributed by atoms with Crippen LogP contribution in [0.25, 0.3) is 0 Å². The predicted molar refractivity (Wildman–Crippen MR) is 115 cm³/mol. The molecule has 31 heavy (non-hydrogen) atoms. The summed E-state index contributed by atoms with van der Waals surface area (Å²) in [6.45, 7) is 0. The Kier molecular flexibility index (Phi) is 6.15. The maximum atomic E-state index is 13.0. The van der Waals surface area contributed by atoms with Crippen LogP contribution in [0.2, 0.25) is 0 Å². The number of carbonyl (C=O) groups excluding carboxylic acids is 3. The second-order valence-corrected chi connectivity index (χ2v) is 6.39. The van der Waals surface area contributed by atoms with E-state index in [1.54, 1.807) is 36.4 Å². The van der Waals surface area contributed by atoms with Crippen LogP contribution in [0.5, 0.6) is 11.5 Å². The van der Waals surface area contributed by atoms with Crippen LogP contribution < -0.4 is 37.9 Å². The lowest BCUT2D eigenvalue weighted by Gasteiger charge is -2.19. The third-order valence-electron chi connectivity index (χ3n) is 4.31. The first-order valence-corrected chi connectivity index (χ1v) is 8.98. The number of para-hydroxylation sites is 1. The molecule has 3 rings (SSSR count). The number of nitrogens with zero attached hydrogens (tertiary/aromatic N) is 2. The third kappa shape index (κ3) is 4.78. The normalized spacial score (nSPS) is 10.3. The molecule has 8 N–H and O–H groups in total. The Bertz CT molecular complexity index is 1140. The first-order chi connectivity index (χ1) is 14.8. The van der Waals surface area contributed by atoms with Gasteiger partial charge in [0.1, 0.15) is 11.4 Å². The highest BCUT2D eigenvalue weighted by molar-refractivity contribution is 6.10. The molecule has 0 aliphatic heterocycles. The molecule has 0 bridgehead atoms. The number of anilines is 2. The van der Waals surface area contributed by atoms with Gasteiger partial charge in [0.2, 0.25) is 0 Å². The minimum Gasteiger partial charge on any atom is -0.455 e. The molecule has 0 unspecified atom stereocenters. The Morgan fingerprint density at radius 3 is 2.00 bits per heavy atom. The van der Waals surface area contributed by atoms with Gasteiger partial charge in [0, 0.05) is 11.1 Å². The number of nitrogens with two attached hydrogens (primary N) is 4. The minimum absolute atomic E-state index is 0.0935. The number of primary amides is 2. The van der Waals surface area contributed by atoms with Crippen molar-refractivity contribution in [3.8, 4) is 11.5 Å². The monoisotopic (exact) mass is 420 g/mol. The SMILES string of the molecule is NC(=O)N(N)c1cccc(C(=O)c2ccc(Oc3ccccc3)c(N(N)C(N)=O)c2)c1. The number of benzene rings is 3. The number of hydrogen-bond acceptors (Lipinski definition) is 6. The quantitative estimate of drug-likeness (QED) is 0.206.